The number of hydrogen-bond acceptors (Lipinski definition) is 2. The molecule has 114 valence electrons. The summed E-state index contributed by atoms with van der Waals surface area (Å²) in [5, 5.41) is 9.86. The number of rotatable bonds is 3. The largest absolute Gasteiger partial charge is 0.508 e. The Morgan fingerprint density at radius 3 is 2.71 bits per heavy atom. The van der Waals surface area contributed by atoms with Crippen molar-refractivity contribution in [2.24, 2.45) is 5.41 Å². The zero-order valence-corrected chi connectivity index (χ0v) is 13.3. The van der Waals surface area contributed by atoms with Crippen LogP contribution in [0.3, 0.4) is 0 Å². The number of benzene rings is 1. The molecule has 1 fully saturated rings. The van der Waals surface area contributed by atoms with Crippen molar-refractivity contribution in [3.8, 4) is 5.75 Å². The number of phenols is 1. The summed E-state index contributed by atoms with van der Waals surface area (Å²) < 4.78 is 0. The Hall–Kier alpha value is -1.51. The van der Waals surface area contributed by atoms with Crippen LogP contribution in [0.15, 0.2) is 18.2 Å². The van der Waals surface area contributed by atoms with Crippen molar-refractivity contribution in [2.45, 2.75) is 51.9 Å². The van der Waals surface area contributed by atoms with Crippen molar-refractivity contribution in [1.29, 1.82) is 0 Å². The Morgan fingerprint density at radius 1 is 1.33 bits per heavy atom. The summed E-state index contributed by atoms with van der Waals surface area (Å²) in [6, 6.07) is 5.70. The Labute approximate surface area is 127 Å². The van der Waals surface area contributed by atoms with Gasteiger partial charge in [-0.15, -0.1) is 0 Å². The molecule has 1 amide bonds. The molecular weight excluding hydrogens is 262 g/mol. The van der Waals surface area contributed by atoms with Gasteiger partial charge in [-0.25, -0.2) is 0 Å². The molecule has 2 atom stereocenters. The molecule has 3 nitrogen and oxygen atoms in total. The van der Waals surface area contributed by atoms with Crippen LogP contribution in [0, 0.1) is 5.41 Å². The number of fused-ring (bicyclic) bond motifs is 2. The molecule has 2 aliphatic carbocycles. The molecule has 1 aromatic rings. The van der Waals surface area contributed by atoms with Gasteiger partial charge in [-0.1, -0.05) is 6.07 Å². The lowest BCUT2D eigenvalue weighted by molar-refractivity contribution is -0.136. The average Bonchev–Trinajstić information content (AvgIpc) is 3.08. The van der Waals surface area contributed by atoms with E-state index in [0.717, 1.165) is 38.8 Å². The van der Waals surface area contributed by atoms with Crippen molar-refractivity contribution in [3.63, 3.8) is 0 Å². The molecule has 0 aromatic heterocycles. The minimum Gasteiger partial charge on any atom is -0.508 e. The zero-order chi connectivity index (χ0) is 15.3. The van der Waals surface area contributed by atoms with Gasteiger partial charge in [0.1, 0.15) is 5.75 Å². The van der Waals surface area contributed by atoms with Crippen molar-refractivity contribution >= 4 is 5.91 Å². The molecule has 3 heteroatoms. The molecule has 3 rings (SSSR count). The fraction of sp³-hybridized carbons (Fsp3) is 0.611. The zero-order valence-electron chi connectivity index (χ0n) is 13.3. The molecule has 0 bridgehead atoms. The second-order valence-corrected chi connectivity index (χ2v) is 6.76. The van der Waals surface area contributed by atoms with Gasteiger partial charge in [0.2, 0.25) is 5.91 Å². The lowest BCUT2D eigenvalue weighted by Gasteiger charge is -2.32. The molecule has 0 heterocycles. The fourth-order valence-electron chi connectivity index (χ4n) is 4.40. The van der Waals surface area contributed by atoms with Gasteiger partial charge in [-0.3, -0.25) is 4.79 Å². The van der Waals surface area contributed by atoms with E-state index in [2.05, 4.69) is 6.92 Å². The van der Waals surface area contributed by atoms with Crippen LogP contribution < -0.4 is 0 Å². The molecular formula is C18H25NO2. The van der Waals surface area contributed by atoms with Crippen LogP contribution in [0.25, 0.3) is 0 Å². The van der Waals surface area contributed by atoms with Gasteiger partial charge in [-0.2, -0.15) is 0 Å². The van der Waals surface area contributed by atoms with Gasteiger partial charge in [0, 0.05) is 18.5 Å². The highest BCUT2D eigenvalue weighted by Crippen LogP contribution is 2.69. The summed E-state index contributed by atoms with van der Waals surface area (Å²) in [6.07, 6.45) is 4.19. The molecule has 1 aromatic carbocycles. The molecule has 1 N–H and O–H groups in total. The van der Waals surface area contributed by atoms with E-state index in [1.165, 1.54) is 11.1 Å². The molecule has 0 saturated heterocycles. The van der Waals surface area contributed by atoms with Crippen LogP contribution >= 0.6 is 0 Å². The van der Waals surface area contributed by atoms with Crippen molar-refractivity contribution in [2.75, 3.05) is 13.1 Å². The number of carbonyl (C=O) groups is 1. The van der Waals surface area contributed by atoms with E-state index in [1.807, 2.05) is 30.9 Å². The Balaban J connectivity index is 1.99. The average molecular weight is 287 g/mol. The maximum Gasteiger partial charge on any atom is 0.229 e. The van der Waals surface area contributed by atoms with E-state index in [-0.39, 0.29) is 16.7 Å². The molecule has 1 saturated carbocycles. The van der Waals surface area contributed by atoms with Crippen molar-refractivity contribution in [1.82, 2.24) is 4.90 Å². The summed E-state index contributed by atoms with van der Waals surface area (Å²) >= 11 is 0. The fourth-order valence-corrected chi connectivity index (χ4v) is 4.40. The van der Waals surface area contributed by atoms with E-state index >= 15 is 0 Å². The van der Waals surface area contributed by atoms with E-state index in [1.54, 1.807) is 6.07 Å². The van der Waals surface area contributed by atoms with E-state index in [9.17, 15) is 9.90 Å². The minimum atomic E-state index is -0.290. The van der Waals surface area contributed by atoms with Crippen molar-refractivity contribution < 1.29 is 9.90 Å². The van der Waals surface area contributed by atoms with Crippen LogP contribution in [0.5, 0.6) is 5.75 Å². The monoisotopic (exact) mass is 287 g/mol. The molecule has 0 unspecified atom stereocenters. The molecule has 0 radical (unpaired) electrons. The predicted octanol–water partition coefficient (Wildman–Crippen LogP) is 3.24. The van der Waals surface area contributed by atoms with Gasteiger partial charge in [-0.05, 0) is 69.7 Å². The lowest BCUT2D eigenvalue weighted by Crippen LogP contribution is -2.40. The number of aryl methyl sites for hydroxylation is 1. The van der Waals surface area contributed by atoms with Gasteiger partial charge in [0.05, 0.1) is 5.41 Å². The third-order valence-electron chi connectivity index (χ3n) is 5.77. The summed E-state index contributed by atoms with van der Waals surface area (Å²) in [5.74, 6) is 0.600. The molecule has 2 aliphatic rings. The lowest BCUT2D eigenvalue weighted by atomic mass is 9.75. The van der Waals surface area contributed by atoms with Gasteiger partial charge in [0.15, 0.2) is 0 Å². The van der Waals surface area contributed by atoms with Crippen LogP contribution in [0.4, 0.5) is 0 Å². The highest BCUT2D eigenvalue weighted by molar-refractivity contribution is 5.89. The first-order valence-corrected chi connectivity index (χ1v) is 8.10. The Bertz CT molecular complexity index is 579. The van der Waals surface area contributed by atoms with Gasteiger partial charge in [0.25, 0.3) is 0 Å². The highest BCUT2D eigenvalue weighted by atomic mass is 16.3. The SMILES string of the molecule is CCN(CC)C(=O)[C@]1(C)C[C@]12CCCc1ccc(O)cc12. The topological polar surface area (TPSA) is 40.5 Å². The summed E-state index contributed by atoms with van der Waals surface area (Å²) in [7, 11) is 0. The quantitative estimate of drug-likeness (QED) is 0.927. The van der Waals surface area contributed by atoms with Crippen molar-refractivity contribution in [3.05, 3.63) is 29.3 Å². The van der Waals surface area contributed by atoms with Crippen LogP contribution in [0.1, 0.15) is 51.2 Å². The summed E-state index contributed by atoms with van der Waals surface area (Å²) in [5.41, 5.74) is 2.20. The Morgan fingerprint density at radius 2 is 2.05 bits per heavy atom. The second kappa shape index (κ2) is 4.75. The first-order chi connectivity index (χ1) is 9.98. The number of nitrogens with zero attached hydrogens (tertiary/aromatic N) is 1. The summed E-state index contributed by atoms with van der Waals surface area (Å²) in [6.45, 7) is 7.75. The summed E-state index contributed by atoms with van der Waals surface area (Å²) in [4.78, 5) is 14.9. The highest BCUT2D eigenvalue weighted by Gasteiger charge is 2.70. The number of amides is 1. The third-order valence-corrected chi connectivity index (χ3v) is 5.77. The van der Waals surface area contributed by atoms with Gasteiger partial charge >= 0.3 is 0 Å². The molecule has 1 spiro atoms. The number of phenolic OH excluding ortho intramolecular Hbond substituents is 1. The number of hydrogen-bond donors (Lipinski definition) is 1. The number of carbonyl (C=O) groups excluding carboxylic acids is 1. The van der Waals surface area contributed by atoms with E-state index < -0.39 is 0 Å². The van der Waals surface area contributed by atoms with E-state index in [4.69, 9.17) is 0 Å². The maximum absolute atomic E-state index is 12.9. The minimum absolute atomic E-state index is 0.0427. The van der Waals surface area contributed by atoms with Crippen LogP contribution in [0.2, 0.25) is 0 Å². The van der Waals surface area contributed by atoms with Crippen LogP contribution in [-0.4, -0.2) is 29.0 Å². The van der Waals surface area contributed by atoms with Gasteiger partial charge < -0.3 is 10.0 Å². The Kier molecular flexibility index (Phi) is 3.27. The predicted molar refractivity (Wildman–Crippen MR) is 83.4 cm³/mol. The van der Waals surface area contributed by atoms with Crippen LogP contribution in [-0.2, 0) is 16.6 Å². The first kappa shape index (κ1) is 14.4. The first-order valence-electron chi connectivity index (χ1n) is 8.10. The third kappa shape index (κ3) is 1.90. The molecule has 21 heavy (non-hydrogen) atoms. The normalized spacial score (nSPS) is 30.0. The smallest absolute Gasteiger partial charge is 0.229 e. The second-order valence-electron chi connectivity index (χ2n) is 6.76. The molecule has 0 aliphatic heterocycles. The van der Waals surface area contributed by atoms with E-state index in [0.29, 0.717) is 5.75 Å². The maximum atomic E-state index is 12.9. The standard InChI is InChI=1S/C18H25NO2/c1-4-19(5-2)16(21)17(3)12-18(17)10-6-7-13-8-9-14(20)11-15(13)18/h8-9,11,20H,4-7,10,12H2,1-3H3/t17-,18-/m0/s1. The number of aromatic hydroxyl groups is 1.